The number of nitrogen functional groups attached to an aromatic ring is 1. The van der Waals surface area contributed by atoms with Crippen molar-refractivity contribution in [3.8, 4) is 17.0 Å². The highest BCUT2D eigenvalue weighted by Crippen LogP contribution is 2.45. The van der Waals surface area contributed by atoms with E-state index in [2.05, 4.69) is 36.7 Å². The van der Waals surface area contributed by atoms with E-state index in [1.54, 1.807) is 6.20 Å². The maximum Gasteiger partial charge on any atom is 0.319 e. The molecule has 0 bridgehead atoms. The first kappa shape index (κ1) is 21.8. The highest BCUT2D eigenvalue weighted by molar-refractivity contribution is 6.02. The molecule has 0 saturated heterocycles. The molecule has 1 fully saturated rings. The van der Waals surface area contributed by atoms with Crippen LogP contribution in [0.1, 0.15) is 44.8 Å². The lowest BCUT2D eigenvalue weighted by molar-refractivity contribution is 0.250. The number of ether oxygens (including phenoxy) is 1. The van der Waals surface area contributed by atoms with Crippen molar-refractivity contribution < 1.29 is 9.53 Å². The van der Waals surface area contributed by atoms with E-state index in [4.69, 9.17) is 10.5 Å². The molecule has 0 atom stereocenters. The van der Waals surface area contributed by atoms with Crippen LogP contribution in [0, 0.1) is 0 Å². The van der Waals surface area contributed by atoms with Crippen LogP contribution in [0.5, 0.6) is 5.75 Å². The molecule has 2 aromatic heterocycles. The van der Waals surface area contributed by atoms with Crippen molar-refractivity contribution in [2.45, 2.75) is 51.8 Å². The highest BCUT2D eigenvalue weighted by atomic mass is 16.5. The minimum absolute atomic E-state index is 0.0714. The van der Waals surface area contributed by atoms with Crippen molar-refractivity contribution in [1.29, 1.82) is 0 Å². The van der Waals surface area contributed by atoms with E-state index < -0.39 is 0 Å². The van der Waals surface area contributed by atoms with E-state index in [1.807, 2.05) is 50.2 Å². The Hall–Kier alpha value is -4.01. The number of benzene rings is 2. The summed E-state index contributed by atoms with van der Waals surface area (Å²) in [5.41, 5.74) is 12.0. The zero-order chi connectivity index (χ0) is 23.7. The monoisotopic (exact) mass is 459 g/mol. The number of nitrogens with zero attached hydrogens (tertiary/aromatic N) is 3. The number of aromatic amines is 1. The first-order chi connectivity index (χ1) is 16.5. The molecule has 9 nitrogen and oxygen atoms in total. The fourth-order valence-electron chi connectivity index (χ4n) is 4.32. The Morgan fingerprint density at radius 1 is 1.24 bits per heavy atom. The number of aromatic nitrogens is 4. The normalized spacial score (nSPS) is 13.7. The molecule has 0 spiro atoms. The first-order valence-corrected chi connectivity index (χ1v) is 11.6. The van der Waals surface area contributed by atoms with Crippen LogP contribution in [0.4, 0.5) is 16.2 Å². The molecule has 1 aliphatic carbocycles. The largest absolute Gasteiger partial charge is 0.487 e. The molecule has 1 aliphatic rings. The summed E-state index contributed by atoms with van der Waals surface area (Å²) < 4.78 is 8.31. The molecule has 4 aromatic rings. The number of hydrogen-bond acceptors (Lipinski definition) is 5. The Morgan fingerprint density at radius 3 is 2.68 bits per heavy atom. The predicted molar refractivity (Wildman–Crippen MR) is 133 cm³/mol. The summed E-state index contributed by atoms with van der Waals surface area (Å²) in [5.74, 6) is 0.760. The average molecular weight is 460 g/mol. The van der Waals surface area contributed by atoms with Gasteiger partial charge in [-0.05, 0) is 57.4 Å². The molecule has 9 heteroatoms. The number of H-pyrrole nitrogens is 1. The van der Waals surface area contributed by atoms with Gasteiger partial charge in [0, 0.05) is 41.0 Å². The number of anilines is 2. The number of carbonyl (C=O) groups is 1. The summed E-state index contributed by atoms with van der Waals surface area (Å²) in [5, 5.41) is 17.1. The number of nitrogens with two attached hydrogens (primary N) is 1. The highest BCUT2D eigenvalue weighted by Gasteiger charge is 2.27. The van der Waals surface area contributed by atoms with E-state index in [0.717, 1.165) is 57.8 Å². The van der Waals surface area contributed by atoms with Gasteiger partial charge in [-0.3, -0.25) is 5.10 Å². The van der Waals surface area contributed by atoms with Gasteiger partial charge in [0.05, 0.1) is 16.9 Å². The van der Waals surface area contributed by atoms with Gasteiger partial charge < -0.3 is 25.7 Å². The number of urea groups is 1. The molecule has 2 heterocycles. The third kappa shape index (κ3) is 4.28. The van der Waals surface area contributed by atoms with Gasteiger partial charge in [0.15, 0.2) is 0 Å². The van der Waals surface area contributed by atoms with Gasteiger partial charge in [0.25, 0.3) is 0 Å². The van der Waals surface area contributed by atoms with E-state index in [-0.39, 0.29) is 12.1 Å². The number of hydrogen-bond donors (Lipinski definition) is 4. The molecular weight excluding hydrogens is 430 g/mol. The lowest BCUT2D eigenvalue weighted by Gasteiger charge is -2.30. The molecule has 2 amide bonds. The van der Waals surface area contributed by atoms with Crippen LogP contribution in [0.15, 0.2) is 48.7 Å². The molecule has 1 saturated carbocycles. The van der Waals surface area contributed by atoms with Crippen molar-refractivity contribution in [2.75, 3.05) is 11.1 Å². The van der Waals surface area contributed by atoms with Gasteiger partial charge in [-0.25, -0.2) is 4.79 Å². The van der Waals surface area contributed by atoms with Crippen molar-refractivity contribution in [3.05, 3.63) is 54.4 Å². The second-order valence-corrected chi connectivity index (χ2v) is 8.98. The Labute approximate surface area is 197 Å². The van der Waals surface area contributed by atoms with Crippen LogP contribution in [0.3, 0.4) is 0 Å². The van der Waals surface area contributed by atoms with E-state index in [1.165, 1.54) is 6.42 Å². The van der Waals surface area contributed by atoms with Gasteiger partial charge in [-0.15, -0.1) is 5.10 Å². The molecule has 5 rings (SSSR count). The topological polar surface area (TPSA) is 123 Å². The first-order valence-electron chi connectivity index (χ1n) is 11.6. The Balaban J connectivity index is 1.47. The average Bonchev–Trinajstić information content (AvgIpc) is 3.38. The molecule has 0 aliphatic heterocycles. The zero-order valence-corrected chi connectivity index (χ0v) is 19.3. The Morgan fingerprint density at radius 2 is 2.03 bits per heavy atom. The van der Waals surface area contributed by atoms with Crippen molar-refractivity contribution in [3.63, 3.8) is 0 Å². The minimum atomic E-state index is -0.219. The van der Waals surface area contributed by atoms with Crippen molar-refractivity contribution >= 4 is 28.3 Å². The van der Waals surface area contributed by atoms with Crippen LogP contribution in [0.2, 0.25) is 0 Å². The summed E-state index contributed by atoms with van der Waals surface area (Å²) >= 11 is 0. The predicted octanol–water partition coefficient (Wildman–Crippen LogP) is 4.84. The van der Waals surface area contributed by atoms with Crippen LogP contribution >= 0.6 is 0 Å². The Bertz CT molecular complexity index is 1290. The van der Waals surface area contributed by atoms with E-state index in [0.29, 0.717) is 12.6 Å². The maximum atomic E-state index is 12.0. The van der Waals surface area contributed by atoms with Gasteiger partial charge in [-0.1, -0.05) is 17.3 Å². The minimum Gasteiger partial charge on any atom is -0.487 e. The second-order valence-electron chi connectivity index (χ2n) is 8.98. The molecular formula is C25H29N7O2. The number of fused-ring (bicyclic) bond motifs is 1. The SMILES string of the molecule is CC(C)NC(=O)Nc1ccc(-c2c(N)c3ccc(OCc4c[nH]nn4)cc3n2C2CCC2)cc1. The molecule has 2 aromatic carbocycles. The molecule has 0 radical (unpaired) electrons. The number of amides is 2. The fraction of sp³-hybridized carbons (Fsp3) is 0.320. The summed E-state index contributed by atoms with van der Waals surface area (Å²) in [6.45, 7) is 4.19. The third-order valence-electron chi connectivity index (χ3n) is 6.14. The zero-order valence-electron chi connectivity index (χ0n) is 19.3. The molecule has 34 heavy (non-hydrogen) atoms. The molecule has 0 unspecified atom stereocenters. The second kappa shape index (κ2) is 9.09. The lowest BCUT2D eigenvalue weighted by atomic mass is 9.92. The van der Waals surface area contributed by atoms with Crippen LogP contribution < -0.4 is 21.1 Å². The Kier molecular flexibility index (Phi) is 5.83. The van der Waals surface area contributed by atoms with Crippen molar-refractivity contribution in [1.82, 2.24) is 25.3 Å². The van der Waals surface area contributed by atoms with E-state index >= 15 is 0 Å². The third-order valence-corrected chi connectivity index (χ3v) is 6.14. The fourth-order valence-corrected chi connectivity index (χ4v) is 4.32. The number of rotatable bonds is 7. The lowest BCUT2D eigenvalue weighted by Crippen LogP contribution is -2.34. The van der Waals surface area contributed by atoms with Gasteiger partial charge in [0.1, 0.15) is 18.1 Å². The van der Waals surface area contributed by atoms with Gasteiger partial charge >= 0.3 is 6.03 Å². The summed E-state index contributed by atoms with van der Waals surface area (Å²) in [4.78, 5) is 12.0. The molecule has 5 N–H and O–H groups in total. The number of carbonyl (C=O) groups excluding carboxylic acids is 1. The van der Waals surface area contributed by atoms with Crippen LogP contribution in [-0.4, -0.2) is 32.1 Å². The summed E-state index contributed by atoms with van der Waals surface area (Å²) in [6.07, 6.45) is 5.17. The summed E-state index contributed by atoms with van der Waals surface area (Å²) in [7, 11) is 0. The van der Waals surface area contributed by atoms with Crippen molar-refractivity contribution in [2.24, 2.45) is 0 Å². The smallest absolute Gasteiger partial charge is 0.319 e. The standard InChI is InChI=1S/C25H29N7O2/c1-15(2)28-25(33)29-17-8-6-16(7-9-17)24-23(26)21-11-10-20(34-14-18-13-27-31-30-18)12-22(21)32(24)19-4-3-5-19/h6-13,15,19H,3-5,14,26H2,1-2H3,(H,27,30,31)(H2,28,29,33). The van der Waals surface area contributed by atoms with Crippen LogP contribution in [0.25, 0.3) is 22.2 Å². The van der Waals surface area contributed by atoms with Gasteiger partial charge in [-0.2, -0.15) is 0 Å². The molecule has 176 valence electrons. The summed E-state index contributed by atoms with van der Waals surface area (Å²) in [6, 6.07) is 14.1. The van der Waals surface area contributed by atoms with Crippen LogP contribution in [-0.2, 0) is 6.61 Å². The number of nitrogens with one attached hydrogen (secondary N) is 3. The maximum absolute atomic E-state index is 12.0. The van der Waals surface area contributed by atoms with Gasteiger partial charge in [0.2, 0.25) is 0 Å². The van der Waals surface area contributed by atoms with E-state index in [9.17, 15) is 4.79 Å². The quantitative estimate of drug-likeness (QED) is 0.315.